The van der Waals surface area contributed by atoms with Gasteiger partial charge in [0.05, 0.1) is 22.2 Å². The molecule has 0 spiro atoms. The van der Waals surface area contributed by atoms with E-state index in [4.69, 9.17) is 9.31 Å². The van der Waals surface area contributed by atoms with Crippen LogP contribution in [-0.4, -0.2) is 22.9 Å². The van der Waals surface area contributed by atoms with E-state index in [-0.39, 0.29) is 18.3 Å². The number of nitrogens with zero attached hydrogens (tertiary/aromatic N) is 1. The Morgan fingerprint density at radius 1 is 0.714 bits per heavy atom. The van der Waals surface area contributed by atoms with Gasteiger partial charge in [0.25, 0.3) is 0 Å². The van der Waals surface area contributed by atoms with Crippen molar-refractivity contribution in [1.29, 1.82) is 0 Å². The second-order valence-electron chi connectivity index (χ2n) is 10.2. The van der Waals surface area contributed by atoms with E-state index in [1.165, 1.54) is 32.6 Å². The number of fused-ring (bicyclic) bond motifs is 4. The minimum atomic E-state index is -0.375. The Bertz CT molecular complexity index is 1520. The van der Waals surface area contributed by atoms with E-state index in [0.717, 1.165) is 11.2 Å². The third-order valence-electron chi connectivity index (χ3n) is 7.20. The maximum atomic E-state index is 6.34. The lowest BCUT2D eigenvalue weighted by Crippen LogP contribution is -2.41. The van der Waals surface area contributed by atoms with Crippen molar-refractivity contribution in [3.8, 4) is 5.69 Å². The number of benzene rings is 4. The molecule has 4 aromatic carbocycles. The first-order chi connectivity index (χ1) is 16.8. The molecule has 1 aliphatic rings. The summed E-state index contributed by atoms with van der Waals surface area (Å²) in [6.45, 7) is 13.6. The molecular formula is C31H32BNO2. The molecule has 2 heterocycles. The molecule has 0 bridgehead atoms. The maximum Gasteiger partial charge on any atom is 0.494 e. The first-order valence-corrected chi connectivity index (χ1v) is 12.2. The van der Waals surface area contributed by atoms with Gasteiger partial charge < -0.3 is 13.9 Å². The van der Waals surface area contributed by atoms with Gasteiger partial charge in [-0.15, -0.1) is 6.58 Å². The molecule has 3 nitrogen and oxygen atoms in total. The highest BCUT2D eigenvalue weighted by Gasteiger charge is 2.51. The highest BCUT2D eigenvalue weighted by molar-refractivity contribution is 6.62. The van der Waals surface area contributed by atoms with Crippen LogP contribution in [0.2, 0.25) is 0 Å². The van der Waals surface area contributed by atoms with Crippen LogP contribution in [0.5, 0.6) is 0 Å². The van der Waals surface area contributed by atoms with Crippen LogP contribution in [-0.2, 0) is 9.31 Å². The van der Waals surface area contributed by atoms with Gasteiger partial charge in [-0.05, 0) is 81.2 Å². The van der Waals surface area contributed by atoms with Crippen molar-refractivity contribution in [3.63, 3.8) is 0 Å². The average molecular weight is 461 g/mol. The van der Waals surface area contributed by atoms with Crippen LogP contribution in [0.15, 0.2) is 97.6 Å². The second kappa shape index (κ2) is 8.71. The van der Waals surface area contributed by atoms with Gasteiger partial charge in [0.1, 0.15) is 0 Å². The monoisotopic (exact) mass is 461 g/mol. The lowest BCUT2D eigenvalue weighted by Gasteiger charge is -2.32. The minimum absolute atomic E-state index is 0.360. The topological polar surface area (TPSA) is 23.4 Å². The van der Waals surface area contributed by atoms with E-state index in [9.17, 15) is 0 Å². The summed E-state index contributed by atoms with van der Waals surface area (Å²) in [4.78, 5) is 0. The largest absolute Gasteiger partial charge is 0.494 e. The SMILES string of the molecule is C=CC.CC1(C)OB(c2ccc3c(c2)c2cc4ccccc4cc2n3-c2ccccc2)OC1(C)C. The van der Waals surface area contributed by atoms with E-state index in [1.807, 2.05) is 6.92 Å². The molecule has 0 N–H and O–H groups in total. The summed E-state index contributed by atoms with van der Waals surface area (Å²) in [5.74, 6) is 0. The van der Waals surface area contributed by atoms with Crippen molar-refractivity contribution in [2.75, 3.05) is 0 Å². The fourth-order valence-corrected chi connectivity index (χ4v) is 4.70. The number of hydrogen-bond acceptors (Lipinski definition) is 2. The second-order valence-corrected chi connectivity index (χ2v) is 10.2. The zero-order chi connectivity index (χ0) is 24.8. The average Bonchev–Trinajstić information content (AvgIpc) is 3.27. The van der Waals surface area contributed by atoms with Crippen molar-refractivity contribution in [3.05, 3.63) is 97.6 Å². The molecule has 1 aromatic heterocycles. The van der Waals surface area contributed by atoms with Gasteiger partial charge in [0, 0.05) is 16.5 Å². The Morgan fingerprint density at radius 3 is 1.89 bits per heavy atom. The van der Waals surface area contributed by atoms with Crippen molar-refractivity contribution in [2.45, 2.75) is 45.8 Å². The standard InChI is InChI=1S/C28H26BNO2.C3H6/c1-27(2)28(3,4)32-29(31-27)21-14-15-25-24(18-21)23-16-19-10-8-9-11-20(19)17-26(23)30(25)22-12-6-5-7-13-22;1-3-2/h5-18H,1-4H3;3H,1H2,2H3. The van der Waals surface area contributed by atoms with E-state index in [0.29, 0.717) is 0 Å². The van der Waals surface area contributed by atoms with Crippen LogP contribution >= 0.6 is 0 Å². The molecule has 0 saturated carbocycles. The Labute approximate surface area is 208 Å². The predicted octanol–water partition coefficient (Wildman–Crippen LogP) is 7.43. The molecule has 35 heavy (non-hydrogen) atoms. The molecule has 1 saturated heterocycles. The van der Waals surface area contributed by atoms with E-state index < -0.39 is 0 Å². The predicted molar refractivity (Wildman–Crippen MR) is 150 cm³/mol. The fraction of sp³-hybridized carbons (Fsp3) is 0.226. The Balaban J connectivity index is 0.000000806. The molecular weight excluding hydrogens is 429 g/mol. The molecule has 176 valence electrons. The lowest BCUT2D eigenvalue weighted by atomic mass is 9.78. The van der Waals surface area contributed by atoms with Crippen LogP contribution in [0.3, 0.4) is 0 Å². The van der Waals surface area contributed by atoms with Crippen LogP contribution in [0, 0.1) is 0 Å². The number of rotatable bonds is 2. The van der Waals surface area contributed by atoms with Crippen molar-refractivity contribution in [1.82, 2.24) is 4.57 Å². The Kier molecular flexibility index (Phi) is 5.82. The van der Waals surface area contributed by atoms with Gasteiger partial charge in [-0.2, -0.15) is 0 Å². The van der Waals surface area contributed by atoms with Gasteiger partial charge >= 0.3 is 7.12 Å². The van der Waals surface area contributed by atoms with Crippen molar-refractivity contribution >= 4 is 45.2 Å². The Hall–Kier alpha value is -3.34. The summed E-state index contributed by atoms with van der Waals surface area (Å²) >= 11 is 0. The van der Waals surface area contributed by atoms with Gasteiger partial charge in [-0.1, -0.05) is 60.7 Å². The zero-order valence-corrected chi connectivity index (χ0v) is 21.2. The maximum absolute atomic E-state index is 6.34. The number of aromatic nitrogens is 1. The molecule has 0 amide bonds. The van der Waals surface area contributed by atoms with E-state index in [2.05, 4.69) is 124 Å². The number of hydrogen-bond donors (Lipinski definition) is 0. The van der Waals surface area contributed by atoms with Crippen molar-refractivity contribution in [2.24, 2.45) is 0 Å². The van der Waals surface area contributed by atoms with Crippen LogP contribution < -0.4 is 5.46 Å². The molecule has 6 rings (SSSR count). The summed E-state index contributed by atoms with van der Waals surface area (Å²) in [5, 5.41) is 4.93. The highest BCUT2D eigenvalue weighted by atomic mass is 16.7. The molecule has 0 atom stereocenters. The summed E-state index contributed by atoms with van der Waals surface area (Å²) in [5.41, 5.74) is 3.88. The van der Waals surface area contributed by atoms with Gasteiger partial charge in [0.2, 0.25) is 0 Å². The van der Waals surface area contributed by atoms with E-state index in [1.54, 1.807) is 6.08 Å². The quantitative estimate of drug-likeness (QED) is 0.202. The third-order valence-corrected chi connectivity index (χ3v) is 7.20. The van der Waals surface area contributed by atoms with E-state index >= 15 is 0 Å². The molecule has 1 aliphatic heterocycles. The van der Waals surface area contributed by atoms with Crippen molar-refractivity contribution < 1.29 is 9.31 Å². The summed E-state index contributed by atoms with van der Waals surface area (Å²) in [6, 6.07) is 30.3. The molecule has 5 aromatic rings. The smallest absolute Gasteiger partial charge is 0.399 e. The first kappa shape index (κ1) is 23.4. The molecule has 0 radical (unpaired) electrons. The molecule has 0 aliphatic carbocycles. The fourth-order valence-electron chi connectivity index (χ4n) is 4.70. The summed E-state index contributed by atoms with van der Waals surface area (Å²) < 4.78 is 15.0. The molecule has 4 heteroatoms. The van der Waals surface area contributed by atoms with Crippen LogP contribution in [0.1, 0.15) is 34.6 Å². The lowest BCUT2D eigenvalue weighted by molar-refractivity contribution is 0.00578. The van der Waals surface area contributed by atoms with Gasteiger partial charge in [-0.25, -0.2) is 0 Å². The molecule has 0 unspecified atom stereocenters. The highest BCUT2D eigenvalue weighted by Crippen LogP contribution is 2.38. The minimum Gasteiger partial charge on any atom is -0.399 e. The zero-order valence-electron chi connectivity index (χ0n) is 21.2. The first-order valence-electron chi connectivity index (χ1n) is 12.2. The summed E-state index contributed by atoms with van der Waals surface area (Å²) in [7, 11) is -0.375. The number of para-hydroxylation sites is 1. The summed E-state index contributed by atoms with van der Waals surface area (Å²) in [6.07, 6.45) is 1.75. The van der Waals surface area contributed by atoms with Gasteiger partial charge in [-0.3, -0.25) is 0 Å². The number of allylic oxidation sites excluding steroid dienone is 1. The normalized spacial score (nSPS) is 16.4. The molecule has 1 fully saturated rings. The van der Waals surface area contributed by atoms with Gasteiger partial charge in [0.15, 0.2) is 0 Å². The Morgan fingerprint density at radius 2 is 1.26 bits per heavy atom. The van der Waals surface area contributed by atoms with Crippen LogP contribution in [0.4, 0.5) is 0 Å². The van der Waals surface area contributed by atoms with Crippen LogP contribution in [0.25, 0.3) is 38.3 Å². The third kappa shape index (κ3) is 3.97.